The third-order valence-electron chi connectivity index (χ3n) is 4.07. The predicted molar refractivity (Wildman–Crippen MR) is 75.8 cm³/mol. The van der Waals surface area contributed by atoms with Crippen molar-refractivity contribution in [3.05, 3.63) is 29.6 Å². The summed E-state index contributed by atoms with van der Waals surface area (Å²) < 4.78 is 13.6. The van der Waals surface area contributed by atoms with Crippen LogP contribution in [0.4, 0.5) is 10.1 Å². The van der Waals surface area contributed by atoms with Crippen LogP contribution in [0.2, 0.25) is 0 Å². The van der Waals surface area contributed by atoms with E-state index in [2.05, 4.69) is 18.9 Å². The van der Waals surface area contributed by atoms with Crippen molar-refractivity contribution in [3.8, 4) is 0 Å². The molecule has 0 aliphatic heterocycles. The van der Waals surface area contributed by atoms with Gasteiger partial charge in [-0.05, 0) is 42.5 Å². The molecule has 0 aromatic heterocycles. The molecule has 0 bridgehead atoms. The first-order valence-corrected chi connectivity index (χ1v) is 7.23. The van der Waals surface area contributed by atoms with Gasteiger partial charge in [0.2, 0.25) is 0 Å². The number of halogens is 2. The van der Waals surface area contributed by atoms with Crippen molar-refractivity contribution in [2.24, 2.45) is 5.92 Å². The molecule has 0 N–H and O–H groups in total. The molecule has 1 aliphatic carbocycles. The molecule has 2 rings (SSSR count). The van der Waals surface area contributed by atoms with E-state index in [0.717, 1.165) is 11.3 Å². The molecule has 1 aromatic rings. The topological polar surface area (TPSA) is 3.24 Å². The fourth-order valence-corrected chi connectivity index (χ4v) is 3.13. The first kappa shape index (κ1) is 13.7. The summed E-state index contributed by atoms with van der Waals surface area (Å²) in [5.41, 5.74) is 1.80. The number of anilines is 1. The highest BCUT2D eigenvalue weighted by atomic mass is 35.5. The van der Waals surface area contributed by atoms with Gasteiger partial charge in [0.05, 0.1) is 0 Å². The van der Waals surface area contributed by atoms with E-state index in [0.29, 0.717) is 17.8 Å². The van der Waals surface area contributed by atoms with Crippen LogP contribution in [0, 0.1) is 11.7 Å². The quantitative estimate of drug-likeness (QED) is 0.726. The van der Waals surface area contributed by atoms with Gasteiger partial charge in [0.25, 0.3) is 0 Å². The second-order valence-corrected chi connectivity index (χ2v) is 5.66. The Morgan fingerprint density at radius 1 is 1.28 bits per heavy atom. The first-order valence-electron chi connectivity index (χ1n) is 6.70. The van der Waals surface area contributed by atoms with Gasteiger partial charge in [-0.3, -0.25) is 0 Å². The second kappa shape index (κ2) is 5.92. The van der Waals surface area contributed by atoms with Crippen LogP contribution in [-0.2, 0) is 5.88 Å². The molecule has 18 heavy (non-hydrogen) atoms. The Hall–Kier alpha value is -0.760. The van der Waals surface area contributed by atoms with Gasteiger partial charge < -0.3 is 4.90 Å². The van der Waals surface area contributed by atoms with E-state index in [1.165, 1.54) is 31.7 Å². The zero-order chi connectivity index (χ0) is 13.1. The van der Waals surface area contributed by atoms with Crippen molar-refractivity contribution in [2.75, 3.05) is 11.9 Å². The summed E-state index contributed by atoms with van der Waals surface area (Å²) in [6.45, 7) is 2.29. The highest BCUT2D eigenvalue weighted by Crippen LogP contribution is 2.31. The van der Waals surface area contributed by atoms with E-state index >= 15 is 0 Å². The predicted octanol–water partition coefficient (Wildman–Crippen LogP) is 4.58. The Morgan fingerprint density at radius 2 is 2.00 bits per heavy atom. The lowest BCUT2D eigenvalue weighted by Gasteiger charge is -2.37. The number of nitrogens with zero attached hydrogens (tertiary/aromatic N) is 1. The van der Waals surface area contributed by atoms with Gasteiger partial charge in [-0.25, -0.2) is 4.39 Å². The molecule has 2 atom stereocenters. The summed E-state index contributed by atoms with van der Waals surface area (Å²) in [4.78, 5) is 2.23. The van der Waals surface area contributed by atoms with Gasteiger partial charge in [-0.1, -0.05) is 19.8 Å². The van der Waals surface area contributed by atoms with Crippen molar-refractivity contribution < 1.29 is 4.39 Å². The molecule has 0 radical (unpaired) electrons. The molecule has 1 aliphatic rings. The lowest BCUT2D eigenvalue weighted by molar-refractivity contribution is 0.321. The summed E-state index contributed by atoms with van der Waals surface area (Å²) in [5.74, 6) is 0.837. The van der Waals surface area contributed by atoms with Crippen molar-refractivity contribution in [2.45, 2.75) is 44.5 Å². The zero-order valence-electron chi connectivity index (χ0n) is 11.1. The van der Waals surface area contributed by atoms with Gasteiger partial charge >= 0.3 is 0 Å². The highest BCUT2D eigenvalue weighted by Gasteiger charge is 2.25. The molecule has 0 spiro atoms. The number of rotatable bonds is 3. The average molecular weight is 270 g/mol. The maximum atomic E-state index is 13.6. The highest BCUT2D eigenvalue weighted by molar-refractivity contribution is 6.17. The lowest BCUT2D eigenvalue weighted by atomic mass is 9.85. The smallest absolute Gasteiger partial charge is 0.125 e. The van der Waals surface area contributed by atoms with Crippen LogP contribution >= 0.6 is 11.6 Å². The van der Waals surface area contributed by atoms with Crippen molar-refractivity contribution in [1.29, 1.82) is 0 Å². The lowest BCUT2D eigenvalue weighted by Crippen LogP contribution is -2.39. The SMILES string of the molecule is CC1CCCCC1N(C)c1cc(F)cc(CCl)c1. The second-order valence-electron chi connectivity index (χ2n) is 5.39. The molecule has 0 amide bonds. The maximum absolute atomic E-state index is 13.6. The molecule has 0 heterocycles. The van der Waals surface area contributed by atoms with Gasteiger partial charge in [0.1, 0.15) is 5.82 Å². The van der Waals surface area contributed by atoms with Crippen LogP contribution in [0.15, 0.2) is 18.2 Å². The average Bonchev–Trinajstić information content (AvgIpc) is 2.37. The van der Waals surface area contributed by atoms with Gasteiger partial charge in [-0.2, -0.15) is 0 Å². The minimum Gasteiger partial charge on any atom is -0.371 e. The summed E-state index contributed by atoms with van der Waals surface area (Å²) >= 11 is 5.80. The normalized spacial score (nSPS) is 24.0. The number of hydrogen-bond donors (Lipinski definition) is 0. The van der Waals surface area contributed by atoms with Gasteiger partial charge in [0, 0.05) is 24.7 Å². The standard InChI is InChI=1S/C15H21ClFN/c1-11-5-3-4-6-15(11)18(2)14-8-12(10-16)7-13(17)9-14/h7-9,11,15H,3-6,10H2,1-2H3. The number of benzene rings is 1. The largest absolute Gasteiger partial charge is 0.371 e. The molecular formula is C15H21ClFN. The molecule has 1 fully saturated rings. The van der Waals surface area contributed by atoms with E-state index in [4.69, 9.17) is 11.6 Å². The van der Waals surface area contributed by atoms with Gasteiger partial charge in [-0.15, -0.1) is 11.6 Å². The van der Waals surface area contributed by atoms with Crippen molar-refractivity contribution in [3.63, 3.8) is 0 Å². The van der Waals surface area contributed by atoms with Crippen molar-refractivity contribution in [1.82, 2.24) is 0 Å². The Kier molecular flexibility index (Phi) is 4.50. The van der Waals surface area contributed by atoms with Crippen LogP contribution in [0.25, 0.3) is 0 Å². The number of hydrogen-bond acceptors (Lipinski definition) is 1. The van der Waals surface area contributed by atoms with Crippen LogP contribution in [0.3, 0.4) is 0 Å². The van der Waals surface area contributed by atoms with Crippen molar-refractivity contribution >= 4 is 17.3 Å². The Morgan fingerprint density at radius 3 is 2.67 bits per heavy atom. The zero-order valence-corrected chi connectivity index (χ0v) is 11.9. The first-order chi connectivity index (χ1) is 8.61. The molecule has 0 saturated heterocycles. The van der Waals surface area contributed by atoms with E-state index in [9.17, 15) is 4.39 Å². The molecule has 1 nitrogen and oxygen atoms in total. The molecule has 2 unspecified atom stereocenters. The minimum absolute atomic E-state index is 0.196. The third-order valence-corrected chi connectivity index (χ3v) is 4.38. The van der Waals surface area contributed by atoms with E-state index in [-0.39, 0.29) is 5.82 Å². The Balaban J connectivity index is 2.21. The van der Waals surface area contributed by atoms with E-state index in [1.54, 1.807) is 6.07 Å². The monoisotopic (exact) mass is 269 g/mol. The third kappa shape index (κ3) is 2.97. The summed E-state index contributed by atoms with van der Waals surface area (Å²) in [6, 6.07) is 5.63. The van der Waals surface area contributed by atoms with Crippen LogP contribution in [-0.4, -0.2) is 13.1 Å². The fourth-order valence-electron chi connectivity index (χ4n) is 2.98. The molecule has 3 heteroatoms. The molecule has 1 saturated carbocycles. The maximum Gasteiger partial charge on any atom is 0.125 e. The Bertz CT molecular complexity index is 407. The van der Waals surface area contributed by atoms with E-state index < -0.39 is 0 Å². The van der Waals surface area contributed by atoms with E-state index in [1.807, 2.05) is 6.07 Å². The van der Waals surface area contributed by atoms with Crippen LogP contribution < -0.4 is 4.90 Å². The molecule has 1 aromatic carbocycles. The molecular weight excluding hydrogens is 249 g/mol. The fraction of sp³-hybridized carbons (Fsp3) is 0.600. The van der Waals surface area contributed by atoms with Crippen LogP contribution in [0.5, 0.6) is 0 Å². The molecule has 100 valence electrons. The van der Waals surface area contributed by atoms with Crippen LogP contribution in [0.1, 0.15) is 38.2 Å². The number of alkyl halides is 1. The summed E-state index contributed by atoms with van der Waals surface area (Å²) in [6.07, 6.45) is 5.07. The minimum atomic E-state index is -0.196. The summed E-state index contributed by atoms with van der Waals surface area (Å²) in [5, 5.41) is 0. The van der Waals surface area contributed by atoms with Gasteiger partial charge in [0.15, 0.2) is 0 Å². The Labute approximate surface area is 114 Å². The summed E-state index contributed by atoms with van der Waals surface area (Å²) in [7, 11) is 2.07.